The third-order valence-electron chi connectivity index (χ3n) is 1.86. The Bertz CT molecular complexity index is 467. The minimum Gasteiger partial charge on any atom is -0.367 e. The lowest BCUT2D eigenvalue weighted by molar-refractivity contribution is 0.619. The summed E-state index contributed by atoms with van der Waals surface area (Å²) in [5, 5.41) is 0.640. The first kappa shape index (κ1) is 9.08. The molecule has 1 aromatic heterocycles. The Kier molecular flexibility index (Phi) is 2.17. The first-order valence-corrected chi connectivity index (χ1v) is 4.80. The van der Waals surface area contributed by atoms with Gasteiger partial charge in [0.1, 0.15) is 10.8 Å². The second kappa shape index (κ2) is 3.34. The number of aryl methyl sites for hydroxylation is 1. The predicted octanol–water partition coefficient (Wildman–Crippen LogP) is 2.23. The Labute approximate surface area is 84.6 Å². The summed E-state index contributed by atoms with van der Waals surface area (Å²) in [7, 11) is 0. The van der Waals surface area contributed by atoms with Gasteiger partial charge < -0.3 is 5.73 Å². The van der Waals surface area contributed by atoms with Crippen molar-refractivity contribution < 1.29 is 4.39 Å². The number of hydrogen-bond acceptors (Lipinski definition) is 4. The summed E-state index contributed by atoms with van der Waals surface area (Å²) in [6.45, 7) is 1.72. The highest BCUT2D eigenvalue weighted by molar-refractivity contribution is 7.09. The molecule has 0 aliphatic heterocycles. The minimum atomic E-state index is -0.240. The molecule has 0 atom stereocenters. The van der Waals surface area contributed by atoms with Crippen LogP contribution in [0, 0.1) is 12.7 Å². The van der Waals surface area contributed by atoms with Gasteiger partial charge in [-0.25, -0.2) is 4.39 Å². The van der Waals surface area contributed by atoms with Crippen LogP contribution in [-0.4, -0.2) is 9.36 Å². The lowest BCUT2D eigenvalue weighted by Gasteiger charge is -1.98. The van der Waals surface area contributed by atoms with Crippen molar-refractivity contribution in [3.8, 4) is 10.6 Å². The molecule has 72 valence electrons. The van der Waals surface area contributed by atoms with Crippen LogP contribution in [0.15, 0.2) is 18.2 Å². The van der Waals surface area contributed by atoms with E-state index >= 15 is 0 Å². The summed E-state index contributed by atoms with van der Waals surface area (Å²) in [5.41, 5.74) is 6.71. The minimum absolute atomic E-state index is 0.228. The molecule has 0 radical (unpaired) electrons. The van der Waals surface area contributed by atoms with Gasteiger partial charge in [-0.15, -0.1) is 0 Å². The van der Waals surface area contributed by atoms with Crippen LogP contribution in [0.1, 0.15) is 5.56 Å². The van der Waals surface area contributed by atoms with Gasteiger partial charge in [-0.3, -0.25) is 0 Å². The quantitative estimate of drug-likeness (QED) is 0.783. The number of aromatic nitrogens is 2. The highest BCUT2D eigenvalue weighted by atomic mass is 32.1. The van der Waals surface area contributed by atoms with Crippen LogP contribution >= 0.6 is 11.5 Å². The SMILES string of the molecule is Cc1ccc(-c2nc(N)ns2)cc1F. The normalized spacial score (nSPS) is 10.4. The number of benzene rings is 1. The van der Waals surface area contributed by atoms with Crippen molar-refractivity contribution in [1.82, 2.24) is 9.36 Å². The first-order chi connectivity index (χ1) is 6.66. The van der Waals surface area contributed by atoms with Crippen LogP contribution in [0.5, 0.6) is 0 Å². The van der Waals surface area contributed by atoms with E-state index < -0.39 is 0 Å². The average Bonchev–Trinajstić information content (AvgIpc) is 2.57. The molecule has 1 aromatic carbocycles. The molecule has 2 aromatic rings. The molecule has 2 rings (SSSR count). The van der Waals surface area contributed by atoms with Crippen molar-refractivity contribution >= 4 is 17.5 Å². The predicted molar refractivity (Wildman–Crippen MR) is 54.5 cm³/mol. The van der Waals surface area contributed by atoms with Gasteiger partial charge in [0.05, 0.1) is 0 Å². The lowest BCUT2D eigenvalue weighted by atomic mass is 10.1. The topological polar surface area (TPSA) is 51.8 Å². The number of nitrogen functional groups attached to an aromatic ring is 1. The van der Waals surface area contributed by atoms with E-state index in [1.165, 1.54) is 6.07 Å². The molecule has 0 bridgehead atoms. The average molecular weight is 209 g/mol. The molecule has 5 heteroatoms. The molecule has 14 heavy (non-hydrogen) atoms. The van der Waals surface area contributed by atoms with E-state index in [9.17, 15) is 4.39 Å². The van der Waals surface area contributed by atoms with Gasteiger partial charge in [-0.2, -0.15) is 9.36 Å². The number of nitrogens with two attached hydrogens (primary N) is 1. The first-order valence-electron chi connectivity index (χ1n) is 4.02. The van der Waals surface area contributed by atoms with Crippen LogP contribution in [-0.2, 0) is 0 Å². The number of anilines is 1. The maximum absolute atomic E-state index is 13.2. The summed E-state index contributed by atoms with van der Waals surface area (Å²) in [4.78, 5) is 3.97. The van der Waals surface area contributed by atoms with E-state index in [2.05, 4.69) is 9.36 Å². The number of halogens is 1. The van der Waals surface area contributed by atoms with Crippen molar-refractivity contribution in [3.63, 3.8) is 0 Å². The summed E-state index contributed by atoms with van der Waals surface area (Å²) >= 11 is 1.16. The molecule has 2 N–H and O–H groups in total. The summed E-state index contributed by atoms with van der Waals surface area (Å²) in [6.07, 6.45) is 0. The molecular weight excluding hydrogens is 201 g/mol. The standard InChI is InChI=1S/C9H8FN3S/c1-5-2-3-6(4-7(5)10)8-12-9(11)13-14-8/h2-4H,1H3,(H2,11,13). The van der Waals surface area contributed by atoms with Gasteiger partial charge in [-0.05, 0) is 30.1 Å². The van der Waals surface area contributed by atoms with Crippen LogP contribution in [0.25, 0.3) is 10.6 Å². The molecule has 0 fully saturated rings. The summed E-state index contributed by atoms with van der Waals surface area (Å²) < 4.78 is 17.0. The zero-order valence-electron chi connectivity index (χ0n) is 7.49. The molecule has 0 saturated carbocycles. The Balaban J connectivity index is 2.47. The fraction of sp³-hybridized carbons (Fsp3) is 0.111. The van der Waals surface area contributed by atoms with Crippen molar-refractivity contribution in [3.05, 3.63) is 29.6 Å². The number of rotatable bonds is 1. The summed E-state index contributed by atoms with van der Waals surface area (Å²) in [6, 6.07) is 4.95. The van der Waals surface area contributed by atoms with E-state index in [-0.39, 0.29) is 11.8 Å². The van der Waals surface area contributed by atoms with Gasteiger partial charge in [0, 0.05) is 5.56 Å². The van der Waals surface area contributed by atoms with Gasteiger partial charge in [0.25, 0.3) is 0 Å². The highest BCUT2D eigenvalue weighted by Crippen LogP contribution is 2.23. The van der Waals surface area contributed by atoms with E-state index in [1.54, 1.807) is 19.1 Å². The van der Waals surface area contributed by atoms with Gasteiger partial charge in [-0.1, -0.05) is 12.1 Å². The third-order valence-corrected chi connectivity index (χ3v) is 2.64. The molecule has 0 aliphatic rings. The molecule has 0 amide bonds. The third kappa shape index (κ3) is 1.58. The molecular formula is C9H8FN3S. The smallest absolute Gasteiger partial charge is 0.232 e. The molecule has 3 nitrogen and oxygen atoms in total. The molecule has 1 heterocycles. The Morgan fingerprint density at radius 2 is 2.21 bits per heavy atom. The van der Waals surface area contributed by atoms with Crippen LogP contribution in [0.4, 0.5) is 10.3 Å². The van der Waals surface area contributed by atoms with Crippen molar-refractivity contribution in [2.75, 3.05) is 5.73 Å². The second-order valence-corrected chi connectivity index (χ2v) is 3.67. The summed E-state index contributed by atoms with van der Waals surface area (Å²) in [5.74, 6) is -0.0118. The van der Waals surface area contributed by atoms with Gasteiger partial charge in [0.2, 0.25) is 5.95 Å². The van der Waals surface area contributed by atoms with Crippen LogP contribution < -0.4 is 5.73 Å². The fourth-order valence-corrected chi connectivity index (χ4v) is 1.67. The molecule has 0 unspecified atom stereocenters. The Morgan fingerprint density at radius 1 is 1.43 bits per heavy atom. The zero-order valence-corrected chi connectivity index (χ0v) is 8.31. The second-order valence-electron chi connectivity index (χ2n) is 2.92. The van der Waals surface area contributed by atoms with Gasteiger partial charge >= 0.3 is 0 Å². The monoisotopic (exact) mass is 209 g/mol. The van der Waals surface area contributed by atoms with Crippen LogP contribution in [0.2, 0.25) is 0 Å². The van der Waals surface area contributed by atoms with E-state index in [4.69, 9.17) is 5.73 Å². The number of nitrogens with zero attached hydrogens (tertiary/aromatic N) is 2. The lowest BCUT2D eigenvalue weighted by Crippen LogP contribution is -1.87. The van der Waals surface area contributed by atoms with Crippen molar-refractivity contribution in [2.24, 2.45) is 0 Å². The van der Waals surface area contributed by atoms with Crippen molar-refractivity contribution in [1.29, 1.82) is 0 Å². The van der Waals surface area contributed by atoms with Crippen LogP contribution in [0.3, 0.4) is 0 Å². The van der Waals surface area contributed by atoms with Gasteiger partial charge in [0.15, 0.2) is 0 Å². The molecule has 0 saturated heterocycles. The maximum atomic E-state index is 13.2. The zero-order chi connectivity index (χ0) is 10.1. The highest BCUT2D eigenvalue weighted by Gasteiger charge is 2.06. The van der Waals surface area contributed by atoms with E-state index in [0.717, 1.165) is 11.5 Å². The van der Waals surface area contributed by atoms with E-state index in [0.29, 0.717) is 16.1 Å². The maximum Gasteiger partial charge on any atom is 0.232 e. The Morgan fingerprint density at radius 3 is 2.79 bits per heavy atom. The number of hydrogen-bond donors (Lipinski definition) is 1. The fourth-order valence-electron chi connectivity index (χ4n) is 1.08. The van der Waals surface area contributed by atoms with E-state index in [1.807, 2.05) is 0 Å². The largest absolute Gasteiger partial charge is 0.367 e. The Hall–Kier alpha value is -1.49. The van der Waals surface area contributed by atoms with Crippen molar-refractivity contribution in [2.45, 2.75) is 6.92 Å². The molecule has 0 spiro atoms. The molecule has 0 aliphatic carbocycles.